The highest BCUT2D eigenvalue weighted by Crippen LogP contribution is 2.28. The Morgan fingerprint density at radius 1 is 1.11 bits per heavy atom. The van der Waals surface area contributed by atoms with Gasteiger partial charge in [-0.3, -0.25) is 9.79 Å². The number of hydrogen-bond donors (Lipinski definition) is 2. The zero-order valence-corrected chi connectivity index (χ0v) is 19.5. The second-order valence-corrected chi connectivity index (χ2v) is 7.73. The minimum atomic E-state index is 0. The van der Waals surface area contributed by atoms with E-state index in [4.69, 9.17) is 4.74 Å². The molecule has 0 saturated heterocycles. The summed E-state index contributed by atoms with van der Waals surface area (Å²) in [5.74, 6) is 2.45. The predicted molar refractivity (Wildman–Crippen MR) is 122 cm³/mol. The van der Waals surface area contributed by atoms with Gasteiger partial charge in [-0.05, 0) is 44.4 Å². The number of halogens is 1. The molecule has 0 aromatic carbocycles. The van der Waals surface area contributed by atoms with Crippen LogP contribution in [0.25, 0.3) is 0 Å². The Kier molecular flexibility index (Phi) is 13.1. The van der Waals surface area contributed by atoms with E-state index in [1.165, 1.54) is 44.9 Å². The van der Waals surface area contributed by atoms with Gasteiger partial charge in [0.2, 0.25) is 5.91 Å². The van der Waals surface area contributed by atoms with E-state index in [2.05, 4.69) is 27.4 Å². The average molecular weight is 494 g/mol. The first-order valence-electron chi connectivity index (χ1n) is 10.5. The van der Waals surface area contributed by atoms with Crippen molar-refractivity contribution in [3.05, 3.63) is 0 Å². The lowest BCUT2D eigenvalue weighted by Gasteiger charge is -2.22. The van der Waals surface area contributed by atoms with Crippen LogP contribution in [0.15, 0.2) is 4.99 Å². The van der Waals surface area contributed by atoms with Crippen LogP contribution in [0.1, 0.15) is 58.3 Å². The van der Waals surface area contributed by atoms with Crippen molar-refractivity contribution in [3.63, 3.8) is 0 Å². The highest BCUT2D eigenvalue weighted by molar-refractivity contribution is 14.0. The van der Waals surface area contributed by atoms with Crippen molar-refractivity contribution in [2.24, 2.45) is 16.8 Å². The lowest BCUT2D eigenvalue weighted by molar-refractivity contribution is -0.122. The SMILES string of the molecule is CCNC(=NCCNC(=O)CC1CCCCC1)N(C)CCOCC1CC1.I. The molecule has 7 heteroatoms. The number of guanidine groups is 1. The molecule has 0 aliphatic heterocycles. The maximum absolute atomic E-state index is 12.0. The third-order valence-corrected chi connectivity index (χ3v) is 5.21. The normalized spacial score (nSPS) is 17.9. The standard InChI is InChI=1S/C20H38N4O2.HI/c1-3-21-20(24(2)13-14-26-16-18-9-10-18)23-12-11-22-19(25)15-17-7-5-4-6-8-17;/h17-18H,3-16H2,1-2H3,(H,21,23)(H,22,25);1H. The molecule has 2 aliphatic rings. The molecule has 2 saturated carbocycles. The molecule has 0 spiro atoms. The Hall–Kier alpha value is -0.570. The number of carbonyl (C=O) groups excluding carboxylic acids is 1. The van der Waals surface area contributed by atoms with Crippen LogP contribution < -0.4 is 10.6 Å². The molecule has 0 heterocycles. The molecule has 1 amide bonds. The van der Waals surface area contributed by atoms with E-state index >= 15 is 0 Å². The third kappa shape index (κ3) is 11.1. The molecule has 0 unspecified atom stereocenters. The summed E-state index contributed by atoms with van der Waals surface area (Å²) in [7, 11) is 2.03. The first-order valence-corrected chi connectivity index (χ1v) is 10.5. The van der Waals surface area contributed by atoms with Crippen molar-refractivity contribution in [3.8, 4) is 0 Å². The molecule has 158 valence electrons. The van der Waals surface area contributed by atoms with E-state index in [1.54, 1.807) is 0 Å². The Morgan fingerprint density at radius 2 is 1.85 bits per heavy atom. The maximum Gasteiger partial charge on any atom is 0.220 e. The highest BCUT2D eigenvalue weighted by atomic mass is 127. The topological polar surface area (TPSA) is 66.0 Å². The van der Waals surface area contributed by atoms with Gasteiger partial charge in [0.05, 0.1) is 13.2 Å². The van der Waals surface area contributed by atoms with Crippen molar-refractivity contribution in [1.82, 2.24) is 15.5 Å². The van der Waals surface area contributed by atoms with E-state index in [-0.39, 0.29) is 29.9 Å². The number of amides is 1. The molecule has 0 bridgehead atoms. The summed E-state index contributed by atoms with van der Waals surface area (Å²) >= 11 is 0. The molecular formula is C20H39IN4O2. The summed E-state index contributed by atoms with van der Waals surface area (Å²) in [5, 5.41) is 6.33. The Balaban J connectivity index is 0.00000364. The van der Waals surface area contributed by atoms with Gasteiger partial charge in [-0.25, -0.2) is 0 Å². The van der Waals surface area contributed by atoms with Gasteiger partial charge in [0.15, 0.2) is 5.96 Å². The molecule has 0 atom stereocenters. The molecule has 2 fully saturated rings. The van der Waals surface area contributed by atoms with Crippen LogP contribution in [-0.4, -0.2) is 63.2 Å². The Morgan fingerprint density at radius 3 is 2.52 bits per heavy atom. The van der Waals surface area contributed by atoms with Crippen LogP contribution in [0.3, 0.4) is 0 Å². The van der Waals surface area contributed by atoms with Gasteiger partial charge in [0.25, 0.3) is 0 Å². The number of nitrogens with one attached hydrogen (secondary N) is 2. The van der Waals surface area contributed by atoms with Crippen molar-refractivity contribution in [1.29, 1.82) is 0 Å². The average Bonchev–Trinajstić information content (AvgIpc) is 3.46. The fraction of sp³-hybridized carbons (Fsp3) is 0.900. The summed E-state index contributed by atoms with van der Waals surface area (Å²) in [6.45, 7) is 6.56. The van der Waals surface area contributed by atoms with Crippen LogP contribution in [0.5, 0.6) is 0 Å². The smallest absolute Gasteiger partial charge is 0.220 e. The molecule has 27 heavy (non-hydrogen) atoms. The summed E-state index contributed by atoms with van der Waals surface area (Å²) in [4.78, 5) is 18.8. The molecular weight excluding hydrogens is 455 g/mol. The van der Waals surface area contributed by atoms with Crippen molar-refractivity contribution in [2.75, 3.05) is 46.4 Å². The monoisotopic (exact) mass is 494 g/mol. The second-order valence-electron chi connectivity index (χ2n) is 7.73. The number of carbonyl (C=O) groups is 1. The minimum Gasteiger partial charge on any atom is -0.379 e. The van der Waals surface area contributed by atoms with Crippen LogP contribution in [0.4, 0.5) is 0 Å². The lowest BCUT2D eigenvalue weighted by Crippen LogP contribution is -2.41. The molecule has 0 aromatic rings. The van der Waals surface area contributed by atoms with Crippen molar-refractivity contribution in [2.45, 2.75) is 58.3 Å². The van der Waals surface area contributed by atoms with Gasteiger partial charge in [-0.2, -0.15) is 0 Å². The molecule has 0 aromatic heterocycles. The van der Waals surface area contributed by atoms with Gasteiger partial charge in [-0.15, -0.1) is 24.0 Å². The van der Waals surface area contributed by atoms with Crippen LogP contribution in [0, 0.1) is 11.8 Å². The van der Waals surface area contributed by atoms with Crippen LogP contribution in [0.2, 0.25) is 0 Å². The fourth-order valence-corrected chi connectivity index (χ4v) is 3.39. The summed E-state index contributed by atoms with van der Waals surface area (Å²) in [6, 6.07) is 0. The third-order valence-electron chi connectivity index (χ3n) is 5.21. The van der Waals surface area contributed by atoms with Gasteiger partial charge in [-0.1, -0.05) is 19.3 Å². The Bertz CT molecular complexity index is 438. The number of hydrogen-bond acceptors (Lipinski definition) is 3. The molecule has 0 radical (unpaired) electrons. The van der Waals surface area contributed by atoms with E-state index in [0.717, 1.165) is 38.2 Å². The van der Waals surface area contributed by atoms with Crippen LogP contribution in [-0.2, 0) is 9.53 Å². The zero-order chi connectivity index (χ0) is 18.6. The summed E-state index contributed by atoms with van der Waals surface area (Å²) in [5.41, 5.74) is 0. The van der Waals surface area contributed by atoms with Crippen molar-refractivity contribution >= 4 is 35.8 Å². The van der Waals surface area contributed by atoms with E-state index in [9.17, 15) is 4.79 Å². The van der Waals surface area contributed by atoms with Crippen LogP contribution >= 0.6 is 24.0 Å². The molecule has 2 rings (SSSR count). The minimum absolute atomic E-state index is 0. The maximum atomic E-state index is 12.0. The quantitative estimate of drug-likeness (QED) is 0.201. The largest absolute Gasteiger partial charge is 0.379 e. The summed E-state index contributed by atoms with van der Waals surface area (Å²) < 4.78 is 5.70. The fourth-order valence-electron chi connectivity index (χ4n) is 3.39. The first-order chi connectivity index (χ1) is 12.7. The predicted octanol–water partition coefficient (Wildman–Crippen LogP) is 3.01. The zero-order valence-electron chi connectivity index (χ0n) is 17.2. The molecule has 2 aliphatic carbocycles. The van der Waals surface area contributed by atoms with Crippen molar-refractivity contribution < 1.29 is 9.53 Å². The number of nitrogens with zero attached hydrogens (tertiary/aromatic N) is 2. The van der Waals surface area contributed by atoms with Gasteiger partial charge < -0.3 is 20.3 Å². The van der Waals surface area contributed by atoms with Gasteiger partial charge in [0.1, 0.15) is 0 Å². The van der Waals surface area contributed by atoms with Gasteiger partial charge in [0, 0.05) is 39.7 Å². The number of rotatable bonds is 11. The first kappa shape index (κ1) is 24.5. The summed E-state index contributed by atoms with van der Waals surface area (Å²) in [6.07, 6.45) is 9.66. The number of aliphatic imine (C=N–C) groups is 1. The van der Waals surface area contributed by atoms with E-state index in [1.807, 2.05) is 7.05 Å². The Labute approximate surface area is 182 Å². The second kappa shape index (κ2) is 14.4. The highest BCUT2D eigenvalue weighted by Gasteiger charge is 2.21. The number of likely N-dealkylation sites (N-methyl/N-ethyl adjacent to an activating group) is 1. The lowest BCUT2D eigenvalue weighted by atomic mass is 9.87. The van der Waals surface area contributed by atoms with Gasteiger partial charge >= 0.3 is 0 Å². The molecule has 6 nitrogen and oxygen atoms in total. The number of ether oxygens (including phenoxy) is 1. The van der Waals surface area contributed by atoms with E-state index in [0.29, 0.717) is 25.4 Å². The van der Waals surface area contributed by atoms with E-state index < -0.39 is 0 Å². The molecule has 2 N–H and O–H groups in total.